The molecule has 0 bridgehead atoms. The van der Waals surface area contributed by atoms with E-state index in [-0.39, 0.29) is 17.2 Å². The SMILES string of the molecule is COC12CCC(Oc3ccccn3)CC1N(CC(C)(C)N1CCOCC1)CC2. The number of fused-ring (bicyclic) bond motifs is 1. The maximum atomic E-state index is 6.23. The van der Waals surface area contributed by atoms with Crippen molar-refractivity contribution in [3.05, 3.63) is 24.4 Å². The molecule has 2 saturated heterocycles. The number of methoxy groups -OCH3 is 1. The molecule has 1 saturated carbocycles. The van der Waals surface area contributed by atoms with Crippen LogP contribution < -0.4 is 4.74 Å². The molecule has 3 fully saturated rings. The van der Waals surface area contributed by atoms with Crippen LogP contribution in [-0.2, 0) is 9.47 Å². The molecule has 28 heavy (non-hydrogen) atoms. The Labute approximate surface area is 169 Å². The molecule has 6 nitrogen and oxygen atoms in total. The van der Waals surface area contributed by atoms with Crippen molar-refractivity contribution in [1.29, 1.82) is 0 Å². The highest BCUT2D eigenvalue weighted by molar-refractivity contribution is 5.12. The first kappa shape index (κ1) is 20.1. The van der Waals surface area contributed by atoms with Gasteiger partial charge in [-0.25, -0.2) is 4.98 Å². The van der Waals surface area contributed by atoms with Crippen molar-refractivity contribution in [2.75, 3.05) is 46.5 Å². The minimum Gasteiger partial charge on any atom is -0.474 e. The number of ether oxygens (including phenoxy) is 3. The van der Waals surface area contributed by atoms with E-state index in [1.54, 1.807) is 6.20 Å². The molecule has 3 aliphatic rings. The Kier molecular flexibility index (Phi) is 5.93. The predicted octanol–water partition coefficient (Wildman–Crippen LogP) is 2.58. The van der Waals surface area contributed by atoms with Gasteiger partial charge in [0.2, 0.25) is 5.88 Å². The molecule has 0 amide bonds. The summed E-state index contributed by atoms with van der Waals surface area (Å²) in [5, 5.41) is 0. The van der Waals surface area contributed by atoms with Gasteiger partial charge in [-0.05, 0) is 39.2 Å². The Morgan fingerprint density at radius 3 is 2.75 bits per heavy atom. The van der Waals surface area contributed by atoms with E-state index < -0.39 is 0 Å². The van der Waals surface area contributed by atoms with Crippen LogP contribution in [0.15, 0.2) is 24.4 Å². The van der Waals surface area contributed by atoms with Crippen LogP contribution in [0.3, 0.4) is 0 Å². The van der Waals surface area contributed by atoms with Crippen molar-refractivity contribution in [3.63, 3.8) is 0 Å². The quantitative estimate of drug-likeness (QED) is 0.745. The maximum Gasteiger partial charge on any atom is 0.213 e. The van der Waals surface area contributed by atoms with Crippen molar-refractivity contribution in [3.8, 4) is 5.88 Å². The van der Waals surface area contributed by atoms with Gasteiger partial charge in [0.15, 0.2) is 0 Å². The van der Waals surface area contributed by atoms with Gasteiger partial charge in [-0.1, -0.05) is 6.07 Å². The second-order valence-corrected chi connectivity index (χ2v) is 9.10. The number of hydrogen-bond donors (Lipinski definition) is 0. The van der Waals surface area contributed by atoms with Crippen LogP contribution in [0.25, 0.3) is 0 Å². The number of nitrogens with zero attached hydrogens (tertiary/aromatic N) is 3. The highest BCUT2D eigenvalue weighted by Crippen LogP contribution is 2.44. The van der Waals surface area contributed by atoms with Crippen LogP contribution in [-0.4, -0.2) is 84.6 Å². The van der Waals surface area contributed by atoms with Gasteiger partial charge in [0.1, 0.15) is 6.10 Å². The topological polar surface area (TPSA) is 47.1 Å². The fourth-order valence-electron chi connectivity index (χ4n) is 5.41. The average molecular weight is 390 g/mol. The second kappa shape index (κ2) is 8.27. The summed E-state index contributed by atoms with van der Waals surface area (Å²) in [7, 11) is 1.89. The first-order valence-corrected chi connectivity index (χ1v) is 10.7. The smallest absolute Gasteiger partial charge is 0.213 e. The molecule has 2 aliphatic heterocycles. The molecule has 1 aliphatic carbocycles. The van der Waals surface area contributed by atoms with E-state index in [9.17, 15) is 0 Å². The minimum absolute atomic E-state index is 0.0228. The highest BCUT2D eigenvalue weighted by atomic mass is 16.5. The normalized spacial score (nSPS) is 32.2. The monoisotopic (exact) mass is 389 g/mol. The molecule has 4 rings (SSSR count). The molecule has 0 radical (unpaired) electrons. The van der Waals surface area contributed by atoms with E-state index in [1.165, 1.54) is 0 Å². The second-order valence-electron chi connectivity index (χ2n) is 9.10. The van der Waals surface area contributed by atoms with Gasteiger partial charge in [0, 0.05) is 63.6 Å². The molecular formula is C22H35N3O3. The maximum absolute atomic E-state index is 6.23. The first-order valence-electron chi connectivity index (χ1n) is 10.7. The summed E-state index contributed by atoms with van der Waals surface area (Å²) in [6.07, 6.45) is 6.20. The van der Waals surface area contributed by atoms with Crippen molar-refractivity contribution in [2.45, 2.75) is 62.8 Å². The van der Waals surface area contributed by atoms with Gasteiger partial charge in [0.05, 0.1) is 18.8 Å². The lowest BCUT2D eigenvalue weighted by Crippen LogP contribution is -2.59. The van der Waals surface area contributed by atoms with Gasteiger partial charge in [0.25, 0.3) is 0 Å². The molecule has 3 unspecified atom stereocenters. The number of hydrogen-bond acceptors (Lipinski definition) is 6. The lowest BCUT2D eigenvalue weighted by atomic mass is 9.79. The van der Waals surface area contributed by atoms with E-state index in [2.05, 4.69) is 28.6 Å². The van der Waals surface area contributed by atoms with Gasteiger partial charge >= 0.3 is 0 Å². The summed E-state index contributed by atoms with van der Waals surface area (Å²) < 4.78 is 17.9. The van der Waals surface area contributed by atoms with Crippen LogP contribution in [0, 0.1) is 0 Å². The Morgan fingerprint density at radius 2 is 2.04 bits per heavy atom. The van der Waals surface area contributed by atoms with Gasteiger partial charge in [-0.2, -0.15) is 0 Å². The van der Waals surface area contributed by atoms with E-state index in [1.807, 2.05) is 25.3 Å². The zero-order chi connectivity index (χ0) is 19.6. The molecular weight excluding hydrogens is 354 g/mol. The van der Waals surface area contributed by atoms with Gasteiger partial charge in [-0.15, -0.1) is 0 Å². The third-order valence-corrected chi connectivity index (χ3v) is 7.03. The van der Waals surface area contributed by atoms with Crippen LogP contribution in [0.4, 0.5) is 0 Å². The predicted molar refractivity (Wildman–Crippen MR) is 109 cm³/mol. The molecule has 0 N–H and O–H groups in total. The summed E-state index contributed by atoms with van der Waals surface area (Å²) in [6.45, 7) is 10.6. The van der Waals surface area contributed by atoms with Crippen LogP contribution in [0.1, 0.15) is 39.5 Å². The van der Waals surface area contributed by atoms with Gasteiger partial charge in [-0.3, -0.25) is 9.80 Å². The summed E-state index contributed by atoms with van der Waals surface area (Å²) in [4.78, 5) is 9.59. The minimum atomic E-state index is -0.0228. The average Bonchev–Trinajstić information content (AvgIpc) is 3.07. The molecule has 0 aromatic carbocycles. The number of pyridine rings is 1. The highest BCUT2D eigenvalue weighted by Gasteiger charge is 2.52. The van der Waals surface area contributed by atoms with E-state index in [0.29, 0.717) is 6.04 Å². The largest absolute Gasteiger partial charge is 0.474 e. The number of morpholine rings is 1. The molecule has 3 heterocycles. The third kappa shape index (κ3) is 4.06. The summed E-state index contributed by atoms with van der Waals surface area (Å²) >= 11 is 0. The van der Waals surface area contributed by atoms with E-state index in [4.69, 9.17) is 14.2 Å². The fraction of sp³-hybridized carbons (Fsp3) is 0.773. The Bertz CT molecular complexity index is 635. The number of rotatable bonds is 6. The molecule has 0 spiro atoms. The van der Waals surface area contributed by atoms with Crippen LogP contribution in [0.5, 0.6) is 5.88 Å². The molecule has 1 aromatic heterocycles. The molecule has 3 atom stereocenters. The number of aromatic nitrogens is 1. The lowest BCUT2D eigenvalue weighted by Gasteiger charge is -2.47. The Hall–Kier alpha value is -1.21. The zero-order valence-corrected chi connectivity index (χ0v) is 17.6. The Morgan fingerprint density at radius 1 is 1.21 bits per heavy atom. The van der Waals surface area contributed by atoms with Crippen LogP contribution >= 0.6 is 0 Å². The Balaban J connectivity index is 1.45. The molecule has 1 aromatic rings. The summed E-state index contributed by atoms with van der Waals surface area (Å²) in [5.41, 5.74) is 0.105. The zero-order valence-electron chi connectivity index (χ0n) is 17.6. The van der Waals surface area contributed by atoms with E-state index >= 15 is 0 Å². The summed E-state index contributed by atoms with van der Waals surface area (Å²) in [5.74, 6) is 0.732. The standard InChI is InChI=1S/C22H35N3O3/c1-21(2,25-12-14-27-15-13-25)17-24-11-9-22(26-3)8-7-18(16-19(22)24)28-20-6-4-5-10-23-20/h4-6,10,18-19H,7-9,11-17H2,1-3H3. The van der Waals surface area contributed by atoms with E-state index in [0.717, 1.165) is 71.0 Å². The van der Waals surface area contributed by atoms with Crippen molar-refractivity contribution in [1.82, 2.24) is 14.8 Å². The number of likely N-dealkylation sites (tertiary alicyclic amines) is 1. The first-order chi connectivity index (χ1) is 13.5. The molecule has 156 valence electrons. The van der Waals surface area contributed by atoms with Crippen molar-refractivity contribution < 1.29 is 14.2 Å². The van der Waals surface area contributed by atoms with Crippen LogP contribution in [0.2, 0.25) is 0 Å². The van der Waals surface area contributed by atoms with Crippen molar-refractivity contribution in [2.24, 2.45) is 0 Å². The lowest BCUT2D eigenvalue weighted by molar-refractivity contribution is -0.0910. The van der Waals surface area contributed by atoms with Crippen molar-refractivity contribution >= 4 is 0 Å². The molecule has 6 heteroatoms. The third-order valence-electron chi connectivity index (χ3n) is 7.03. The fourth-order valence-corrected chi connectivity index (χ4v) is 5.41. The van der Waals surface area contributed by atoms with Gasteiger partial charge < -0.3 is 14.2 Å². The summed E-state index contributed by atoms with van der Waals surface area (Å²) in [6, 6.07) is 6.26.